The number of ether oxygens (including phenoxy) is 8. The molecule has 12 nitrogen and oxygen atoms in total. The fourth-order valence-electron chi connectivity index (χ4n) is 5.97. The molecule has 0 bridgehead atoms. The van der Waals surface area contributed by atoms with Gasteiger partial charge in [-0.25, -0.2) is 0 Å². The van der Waals surface area contributed by atoms with E-state index in [9.17, 15) is 0 Å². The molecule has 1 aromatic rings. The summed E-state index contributed by atoms with van der Waals surface area (Å²) < 4.78 is 47.2. The summed E-state index contributed by atoms with van der Waals surface area (Å²) in [6.45, 7) is 15.8. The fraction of sp³-hybridized carbons (Fsp3) is 0.833. The van der Waals surface area contributed by atoms with Crippen LogP contribution in [0.3, 0.4) is 0 Å². The summed E-state index contributed by atoms with van der Waals surface area (Å²) in [6.07, 6.45) is 2.06. The molecule has 2 aliphatic rings. The normalized spacial score (nSPS) is 32.7. The van der Waals surface area contributed by atoms with Crippen LogP contribution in [0.4, 0.5) is 0 Å². The molecule has 0 radical (unpaired) electrons. The summed E-state index contributed by atoms with van der Waals surface area (Å²) in [4.78, 5) is 4.89. The quantitative estimate of drug-likeness (QED) is 0.419. The molecule has 0 unspecified atom stereocenters. The zero-order valence-electron chi connectivity index (χ0n) is 31.0. The van der Waals surface area contributed by atoms with Crippen molar-refractivity contribution in [3.63, 3.8) is 0 Å². The van der Waals surface area contributed by atoms with Gasteiger partial charge in [-0.2, -0.15) is 0 Å². The van der Waals surface area contributed by atoms with Crippen LogP contribution >= 0.6 is 0 Å². The molecule has 2 saturated heterocycles. The number of nitrogens with one attached hydrogen (secondary N) is 2. The van der Waals surface area contributed by atoms with E-state index in [2.05, 4.69) is 72.4 Å². The minimum atomic E-state index is -0.260. The lowest BCUT2D eigenvalue weighted by Gasteiger charge is -2.33. The van der Waals surface area contributed by atoms with Gasteiger partial charge >= 0.3 is 0 Å². The van der Waals surface area contributed by atoms with Gasteiger partial charge in [0.1, 0.15) is 0 Å². The Labute approximate surface area is 290 Å². The third-order valence-electron chi connectivity index (χ3n) is 9.25. The number of methoxy groups -OCH3 is 4. The highest BCUT2D eigenvalue weighted by Gasteiger charge is 2.23. The summed E-state index contributed by atoms with van der Waals surface area (Å²) in [6, 6.07) is 9.74. The van der Waals surface area contributed by atoms with Gasteiger partial charge in [-0.05, 0) is 38.8 Å². The Bertz CT molecular complexity index is 887. The van der Waals surface area contributed by atoms with Crippen molar-refractivity contribution in [2.75, 3.05) is 81.0 Å². The molecular formula is C36H66N4O8. The molecule has 8 atom stereocenters. The Morgan fingerprint density at radius 1 is 0.542 bits per heavy atom. The molecule has 2 fully saturated rings. The predicted octanol–water partition coefficient (Wildman–Crippen LogP) is 3.57. The Kier molecular flexibility index (Phi) is 19.9. The van der Waals surface area contributed by atoms with Gasteiger partial charge in [-0.3, -0.25) is 9.80 Å². The summed E-state index contributed by atoms with van der Waals surface area (Å²) in [5, 5.41) is 6.97. The second-order valence-electron chi connectivity index (χ2n) is 13.3. The molecule has 0 saturated carbocycles. The van der Waals surface area contributed by atoms with E-state index in [-0.39, 0.29) is 49.3 Å². The van der Waals surface area contributed by atoms with Gasteiger partial charge in [0.05, 0.1) is 26.4 Å². The van der Waals surface area contributed by atoms with Gasteiger partial charge in [-0.15, -0.1) is 0 Å². The van der Waals surface area contributed by atoms with Gasteiger partial charge in [0, 0.05) is 118 Å². The number of hydrogen-bond donors (Lipinski definition) is 2. The van der Waals surface area contributed by atoms with E-state index < -0.39 is 0 Å². The molecule has 3 rings (SSSR count). The number of benzene rings is 1. The molecule has 48 heavy (non-hydrogen) atoms. The van der Waals surface area contributed by atoms with Crippen molar-refractivity contribution < 1.29 is 37.9 Å². The van der Waals surface area contributed by atoms with Crippen LogP contribution in [0.2, 0.25) is 0 Å². The van der Waals surface area contributed by atoms with E-state index in [0.29, 0.717) is 26.4 Å². The summed E-state index contributed by atoms with van der Waals surface area (Å²) in [5.74, 6) is 0. The van der Waals surface area contributed by atoms with Gasteiger partial charge in [0.25, 0.3) is 0 Å². The molecule has 0 aromatic heterocycles. The Morgan fingerprint density at radius 2 is 0.875 bits per heavy atom. The molecule has 2 heterocycles. The molecule has 278 valence electrons. The standard InChI is InChI=1S/C36H66N4O8/c1-27-23-45-35(43-7)15-19-39(29(3)25-47-33(41-5)13-17-37-27)21-31-9-11-32(12-10-31)22-40-20-16-36(44-8)46-24-28(2)38-18-14-34(42-6)48-26-30(40)4/h9-12,27-30,33-38H,13-26H2,1-8H3/t27-,28-,29-,30-,33-,34-,35+,36+/m0/s1. The van der Waals surface area contributed by atoms with E-state index in [4.69, 9.17) is 37.9 Å². The van der Waals surface area contributed by atoms with Crippen LogP contribution in [0, 0.1) is 0 Å². The molecule has 2 aliphatic heterocycles. The lowest BCUT2D eigenvalue weighted by Crippen LogP contribution is -2.41. The van der Waals surface area contributed by atoms with Crippen molar-refractivity contribution in [1.29, 1.82) is 0 Å². The maximum absolute atomic E-state index is 6.21. The molecule has 2 N–H and O–H groups in total. The van der Waals surface area contributed by atoms with Crippen LogP contribution in [0.25, 0.3) is 0 Å². The van der Waals surface area contributed by atoms with Crippen molar-refractivity contribution in [3.8, 4) is 0 Å². The van der Waals surface area contributed by atoms with Gasteiger partial charge in [-0.1, -0.05) is 24.3 Å². The summed E-state index contributed by atoms with van der Waals surface area (Å²) in [7, 11) is 6.85. The highest BCUT2D eigenvalue weighted by atomic mass is 16.7. The zero-order chi connectivity index (χ0) is 34.7. The van der Waals surface area contributed by atoms with E-state index in [1.807, 2.05) is 0 Å². The van der Waals surface area contributed by atoms with Crippen molar-refractivity contribution >= 4 is 0 Å². The lowest BCUT2D eigenvalue weighted by atomic mass is 10.1. The van der Waals surface area contributed by atoms with Crippen LogP contribution in [0.1, 0.15) is 64.5 Å². The molecule has 0 aliphatic carbocycles. The minimum Gasteiger partial charge on any atom is -0.356 e. The lowest BCUT2D eigenvalue weighted by molar-refractivity contribution is -0.149. The van der Waals surface area contributed by atoms with Crippen molar-refractivity contribution in [2.45, 2.75) is 116 Å². The largest absolute Gasteiger partial charge is 0.356 e. The highest BCUT2D eigenvalue weighted by molar-refractivity contribution is 5.22. The minimum absolute atomic E-state index is 0.178. The second kappa shape index (κ2) is 23.3. The van der Waals surface area contributed by atoms with Crippen LogP contribution < -0.4 is 10.6 Å². The summed E-state index contributed by atoms with van der Waals surface area (Å²) in [5.41, 5.74) is 2.50. The Balaban J connectivity index is 1.68. The van der Waals surface area contributed by atoms with Crippen molar-refractivity contribution in [2.24, 2.45) is 0 Å². The SMILES string of the molecule is CO[C@H]1CCN(Cc2ccc(CN3CC[C@H](OC)OC[C@H](C)NCC[C@@H](OC)OC[C@@H]3C)cc2)[C@@H](C)CO[C@H](OC)CCN[C@@H](C)CO1. The third-order valence-corrected chi connectivity index (χ3v) is 9.25. The predicted molar refractivity (Wildman–Crippen MR) is 187 cm³/mol. The first-order valence-electron chi connectivity index (χ1n) is 17.8. The number of nitrogens with zero attached hydrogens (tertiary/aromatic N) is 2. The Hall–Kier alpha value is -1.26. The van der Waals surface area contributed by atoms with E-state index in [1.165, 1.54) is 11.1 Å². The molecule has 12 heteroatoms. The first-order valence-corrected chi connectivity index (χ1v) is 17.8. The molecular weight excluding hydrogens is 616 g/mol. The van der Waals surface area contributed by atoms with Gasteiger partial charge in [0.15, 0.2) is 25.2 Å². The summed E-state index contributed by atoms with van der Waals surface area (Å²) >= 11 is 0. The van der Waals surface area contributed by atoms with Gasteiger partial charge in [0.2, 0.25) is 0 Å². The first-order chi connectivity index (χ1) is 23.2. The van der Waals surface area contributed by atoms with Crippen LogP contribution in [0.5, 0.6) is 0 Å². The van der Waals surface area contributed by atoms with E-state index in [1.54, 1.807) is 28.4 Å². The maximum atomic E-state index is 6.21. The maximum Gasteiger partial charge on any atom is 0.158 e. The van der Waals surface area contributed by atoms with Crippen LogP contribution in [-0.2, 0) is 51.0 Å². The first kappa shape index (κ1) is 41.2. The molecule has 1 aromatic carbocycles. The molecule has 0 amide bonds. The number of rotatable bonds is 8. The number of hydrogen-bond acceptors (Lipinski definition) is 12. The van der Waals surface area contributed by atoms with Crippen molar-refractivity contribution in [3.05, 3.63) is 35.4 Å². The monoisotopic (exact) mass is 682 g/mol. The average Bonchev–Trinajstić information content (AvgIpc) is 3.09. The smallest absolute Gasteiger partial charge is 0.158 e. The zero-order valence-corrected chi connectivity index (χ0v) is 31.0. The fourth-order valence-corrected chi connectivity index (χ4v) is 5.97. The van der Waals surface area contributed by atoms with Gasteiger partial charge < -0.3 is 48.5 Å². The van der Waals surface area contributed by atoms with Crippen LogP contribution in [-0.4, -0.2) is 140 Å². The second-order valence-corrected chi connectivity index (χ2v) is 13.3. The van der Waals surface area contributed by atoms with Crippen LogP contribution in [0.15, 0.2) is 24.3 Å². The van der Waals surface area contributed by atoms with E-state index >= 15 is 0 Å². The molecule has 0 spiro atoms. The average molecular weight is 683 g/mol. The van der Waals surface area contributed by atoms with E-state index in [0.717, 1.165) is 65.0 Å². The Morgan fingerprint density at radius 3 is 1.23 bits per heavy atom. The van der Waals surface area contributed by atoms with Crippen molar-refractivity contribution in [1.82, 2.24) is 20.4 Å². The highest BCUT2D eigenvalue weighted by Crippen LogP contribution is 2.18. The topological polar surface area (TPSA) is 104 Å². The third kappa shape index (κ3) is 15.3.